The van der Waals surface area contributed by atoms with Gasteiger partial charge in [0.25, 0.3) is 0 Å². The lowest BCUT2D eigenvalue weighted by Crippen LogP contribution is -2.19. The second-order valence-corrected chi connectivity index (χ2v) is 7.28. The van der Waals surface area contributed by atoms with Crippen molar-refractivity contribution in [2.24, 2.45) is 5.73 Å². The van der Waals surface area contributed by atoms with Gasteiger partial charge in [-0.1, -0.05) is 23.7 Å². The standard InChI is InChI=1S/C16H15ClN2O5S/c1-19-25(22,23)12-5-6-14(17)13(8-12)16(21)24-9-10-3-2-4-11(7-10)15(18)20/h2-8,19H,9H2,1H3,(H2,18,20). The van der Waals surface area contributed by atoms with Gasteiger partial charge in [0, 0.05) is 5.56 Å². The maximum absolute atomic E-state index is 12.2. The fourth-order valence-corrected chi connectivity index (χ4v) is 2.94. The van der Waals surface area contributed by atoms with Gasteiger partial charge in [-0.15, -0.1) is 0 Å². The van der Waals surface area contributed by atoms with Crippen LogP contribution in [-0.4, -0.2) is 27.3 Å². The first-order valence-corrected chi connectivity index (χ1v) is 8.89. The number of hydrogen-bond donors (Lipinski definition) is 2. The number of rotatable bonds is 6. The number of carbonyl (C=O) groups is 2. The highest BCUT2D eigenvalue weighted by Crippen LogP contribution is 2.22. The van der Waals surface area contributed by atoms with Crippen molar-refractivity contribution < 1.29 is 22.7 Å². The molecule has 0 aliphatic carbocycles. The summed E-state index contributed by atoms with van der Waals surface area (Å²) in [6.07, 6.45) is 0. The van der Waals surface area contributed by atoms with Gasteiger partial charge in [-0.2, -0.15) is 0 Å². The number of amides is 1. The molecule has 0 aromatic heterocycles. The van der Waals surface area contributed by atoms with Crippen LogP contribution in [0.3, 0.4) is 0 Å². The van der Waals surface area contributed by atoms with E-state index >= 15 is 0 Å². The van der Waals surface area contributed by atoms with Crippen LogP contribution >= 0.6 is 11.6 Å². The highest BCUT2D eigenvalue weighted by Gasteiger charge is 2.18. The van der Waals surface area contributed by atoms with Crippen LogP contribution in [0, 0.1) is 0 Å². The fraction of sp³-hybridized carbons (Fsp3) is 0.125. The smallest absolute Gasteiger partial charge is 0.340 e. The van der Waals surface area contributed by atoms with Crippen molar-refractivity contribution in [2.75, 3.05) is 7.05 Å². The maximum atomic E-state index is 12.2. The van der Waals surface area contributed by atoms with Gasteiger partial charge in [0.05, 0.1) is 15.5 Å². The van der Waals surface area contributed by atoms with Gasteiger partial charge in [0.15, 0.2) is 0 Å². The summed E-state index contributed by atoms with van der Waals surface area (Å²) in [5.74, 6) is -1.39. The first-order valence-electron chi connectivity index (χ1n) is 7.03. The van der Waals surface area contributed by atoms with Crippen molar-refractivity contribution in [1.82, 2.24) is 4.72 Å². The van der Waals surface area contributed by atoms with Crippen molar-refractivity contribution in [3.63, 3.8) is 0 Å². The Morgan fingerprint density at radius 1 is 1.20 bits per heavy atom. The van der Waals surface area contributed by atoms with Gasteiger partial charge in [0.2, 0.25) is 15.9 Å². The lowest BCUT2D eigenvalue weighted by atomic mass is 10.1. The molecule has 0 unspecified atom stereocenters. The van der Waals surface area contributed by atoms with Crippen LogP contribution in [0.4, 0.5) is 0 Å². The number of ether oxygens (including phenoxy) is 1. The number of primary amides is 1. The molecule has 25 heavy (non-hydrogen) atoms. The van der Waals surface area contributed by atoms with Gasteiger partial charge in [0.1, 0.15) is 6.61 Å². The summed E-state index contributed by atoms with van der Waals surface area (Å²) < 4.78 is 30.9. The van der Waals surface area contributed by atoms with Gasteiger partial charge in [-0.3, -0.25) is 4.79 Å². The molecule has 0 fully saturated rings. The normalized spacial score (nSPS) is 11.1. The molecule has 0 atom stereocenters. The van der Waals surface area contributed by atoms with E-state index in [0.717, 1.165) is 6.07 Å². The minimum atomic E-state index is -3.72. The second kappa shape index (κ2) is 7.64. The van der Waals surface area contributed by atoms with Crippen molar-refractivity contribution in [3.05, 3.63) is 64.2 Å². The third kappa shape index (κ3) is 4.56. The predicted molar refractivity (Wildman–Crippen MR) is 91.8 cm³/mol. The van der Waals surface area contributed by atoms with E-state index in [1.54, 1.807) is 12.1 Å². The van der Waals surface area contributed by atoms with E-state index in [1.807, 2.05) is 0 Å². The number of nitrogens with one attached hydrogen (secondary N) is 1. The van der Waals surface area contributed by atoms with Crippen molar-refractivity contribution in [3.8, 4) is 0 Å². The van der Waals surface area contributed by atoms with Crippen LogP contribution in [0.25, 0.3) is 0 Å². The van der Waals surface area contributed by atoms with Crippen LogP contribution in [0.1, 0.15) is 26.3 Å². The molecule has 132 valence electrons. The van der Waals surface area contributed by atoms with E-state index in [2.05, 4.69) is 4.72 Å². The molecule has 0 heterocycles. The fourth-order valence-electron chi connectivity index (χ4n) is 1.99. The quantitative estimate of drug-likeness (QED) is 0.738. The highest BCUT2D eigenvalue weighted by molar-refractivity contribution is 7.89. The zero-order valence-electron chi connectivity index (χ0n) is 13.2. The van der Waals surface area contributed by atoms with Crippen LogP contribution in [0.5, 0.6) is 0 Å². The number of nitrogens with two attached hydrogens (primary N) is 1. The third-order valence-corrected chi connectivity index (χ3v) is 5.06. The molecule has 0 aliphatic rings. The molecule has 0 bridgehead atoms. The van der Waals surface area contributed by atoms with Crippen molar-refractivity contribution in [2.45, 2.75) is 11.5 Å². The van der Waals surface area contributed by atoms with Crippen molar-refractivity contribution >= 4 is 33.5 Å². The number of esters is 1. The van der Waals surface area contributed by atoms with E-state index in [1.165, 1.54) is 31.3 Å². The summed E-state index contributed by atoms with van der Waals surface area (Å²) in [6, 6.07) is 10.0. The number of hydrogen-bond acceptors (Lipinski definition) is 5. The molecule has 0 aliphatic heterocycles. The Balaban J connectivity index is 2.20. The molecule has 0 saturated heterocycles. The second-order valence-electron chi connectivity index (χ2n) is 4.99. The zero-order chi connectivity index (χ0) is 18.6. The molecule has 2 aromatic rings. The first kappa shape index (κ1) is 18.9. The number of halogens is 1. The first-order chi connectivity index (χ1) is 11.7. The Kier molecular flexibility index (Phi) is 5.78. The van der Waals surface area contributed by atoms with Crippen LogP contribution in [-0.2, 0) is 21.4 Å². The molecule has 2 rings (SSSR count). The average molecular weight is 383 g/mol. The Labute approximate surface area is 149 Å². The lowest BCUT2D eigenvalue weighted by Gasteiger charge is -2.09. The number of benzene rings is 2. The van der Waals surface area contributed by atoms with Crippen LogP contribution < -0.4 is 10.5 Å². The lowest BCUT2D eigenvalue weighted by molar-refractivity contribution is 0.0472. The minimum Gasteiger partial charge on any atom is -0.457 e. The summed E-state index contributed by atoms with van der Waals surface area (Å²) in [5, 5.41) is 0.0611. The Bertz CT molecular complexity index is 928. The molecule has 7 nitrogen and oxygen atoms in total. The number of carbonyl (C=O) groups excluding carboxylic acids is 2. The topological polar surface area (TPSA) is 116 Å². The van der Waals surface area contributed by atoms with E-state index < -0.39 is 21.9 Å². The summed E-state index contributed by atoms with van der Waals surface area (Å²) in [6.45, 7) is -0.126. The van der Waals surface area contributed by atoms with Gasteiger partial charge >= 0.3 is 5.97 Å². The summed E-state index contributed by atoms with van der Waals surface area (Å²) >= 11 is 5.96. The van der Waals surface area contributed by atoms with E-state index in [0.29, 0.717) is 5.56 Å². The summed E-state index contributed by atoms with van der Waals surface area (Å²) in [4.78, 5) is 23.3. The van der Waals surface area contributed by atoms with Crippen molar-refractivity contribution in [1.29, 1.82) is 0 Å². The molecule has 0 radical (unpaired) electrons. The van der Waals surface area contributed by atoms with E-state index in [4.69, 9.17) is 22.1 Å². The van der Waals surface area contributed by atoms with Gasteiger partial charge in [-0.25, -0.2) is 17.9 Å². The Morgan fingerprint density at radius 2 is 1.92 bits per heavy atom. The number of sulfonamides is 1. The average Bonchev–Trinajstić information content (AvgIpc) is 2.60. The molecular formula is C16H15ClN2O5S. The molecule has 0 spiro atoms. The maximum Gasteiger partial charge on any atom is 0.340 e. The van der Waals surface area contributed by atoms with Crippen LogP contribution in [0.2, 0.25) is 5.02 Å². The third-order valence-electron chi connectivity index (χ3n) is 3.32. The Hall–Kier alpha value is -2.42. The molecule has 2 aromatic carbocycles. The predicted octanol–water partition coefficient (Wildman–Crippen LogP) is 1.70. The summed E-state index contributed by atoms with van der Waals surface area (Å²) in [5.41, 5.74) is 5.95. The molecule has 0 saturated carbocycles. The van der Waals surface area contributed by atoms with Crippen LogP contribution in [0.15, 0.2) is 47.4 Å². The molecule has 3 N–H and O–H groups in total. The molecule has 1 amide bonds. The molecule has 9 heteroatoms. The molecular weight excluding hydrogens is 368 g/mol. The highest BCUT2D eigenvalue weighted by atomic mass is 35.5. The van der Waals surface area contributed by atoms with Gasteiger partial charge < -0.3 is 10.5 Å². The Morgan fingerprint density at radius 3 is 2.56 bits per heavy atom. The zero-order valence-corrected chi connectivity index (χ0v) is 14.7. The van der Waals surface area contributed by atoms with Gasteiger partial charge in [-0.05, 0) is 42.9 Å². The largest absolute Gasteiger partial charge is 0.457 e. The monoisotopic (exact) mass is 382 g/mol. The summed E-state index contributed by atoms with van der Waals surface area (Å²) in [7, 11) is -2.46. The van der Waals surface area contributed by atoms with E-state index in [9.17, 15) is 18.0 Å². The minimum absolute atomic E-state index is 0.0611. The van der Waals surface area contributed by atoms with E-state index in [-0.39, 0.29) is 27.7 Å². The SMILES string of the molecule is CNS(=O)(=O)c1ccc(Cl)c(C(=O)OCc2cccc(C(N)=O)c2)c1.